The summed E-state index contributed by atoms with van der Waals surface area (Å²) < 4.78 is 2.13. The Kier molecular flexibility index (Phi) is 3.90. The SMILES string of the molecule is CC(NC(=O)C1CNC(=O)C1)c1nnc2n1CCCCC2. The molecule has 1 fully saturated rings. The van der Waals surface area contributed by atoms with E-state index in [-0.39, 0.29) is 30.2 Å². The van der Waals surface area contributed by atoms with Crippen LogP contribution in [0.15, 0.2) is 0 Å². The van der Waals surface area contributed by atoms with Crippen LogP contribution in [0.3, 0.4) is 0 Å². The minimum atomic E-state index is -0.272. The Labute approximate surface area is 123 Å². The second-order valence-electron chi connectivity index (χ2n) is 5.87. The summed E-state index contributed by atoms with van der Waals surface area (Å²) >= 11 is 0. The molecule has 2 amide bonds. The number of carbonyl (C=O) groups excluding carboxylic acids is 2. The van der Waals surface area contributed by atoms with Gasteiger partial charge in [-0.15, -0.1) is 10.2 Å². The van der Waals surface area contributed by atoms with E-state index in [2.05, 4.69) is 25.4 Å². The molecular weight excluding hydrogens is 270 g/mol. The van der Waals surface area contributed by atoms with Gasteiger partial charge in [0, 0.05) is 25.9 Å². The molecule has 0 radical (unpaired) electrons. The van der Waals surface area contributed by atoms with Gasteiger partial charge in [0.2, 0.25) is 11.8 Å². The predicted octanol–water partition coefficient (Wildman–Crippen LogP) is 0.318. The highest BCUT2D eigenvalue weighted by Gasteiger charge is 2.30. The molecule has 0 spiro atoms. The van der Waals surface area contributed by atoms with Crippen LogP contribution in [-0.2, 0) is 22.6 Å². The number of hydrogen-bond donors (Lipinski definition) is 2. The quantitative estimate of drug-likeness (QED) is 0.839. The first-order valence-electron chi connectivity index (χ1n) is 7.64. The molecule has 1 saturated heterocycles. The Bertz CT molecular complexity index is 554. The van der Waals surface area contributed by atoms with Gasteiger partial charge in [0.25, 0.3) is 0 Å². The minimum absolute atomic E-state index is 0.0563. The number of rotatable bonds is 3. The van der Waals surface area contributed by atoms with Crippen LogP contribution in [0.2, 0.25) is 0 Å². The van der Waals surface area contributed by atoms with Crippen molar-refractivity contribution in [2.45, 2.75) is 51.6 Å². The Morgan fingerprint density at radius 1 is 1.38 bits per heavy atom. The maximum Gasteiger partial charge on any atom is 0.225 e. The first-order chi connectivity index (χ1) is 10.1. The molecule has 3 heterocycles. The first-order valence-corrected chi connectivity index (χ1v) is 7.64. The molecule has 2 aliphatic rings. The van der Waals surface area contributed by atoms with Crippen LogP contribution in [0.1, 0.15) is 50.3 Å². The summed E-state index contributed by atoms with van der Waals surface area (Å²) in [6.07, 6.45) is 4.71. The van der Waals surface area contributed by atoms with E-state index < -0.39 is 0 Å². The summed E-state index contributed by atoms with van der Waals surface area (Å²) in [6, 6.07) is -0.187. The van der Waals surface area contributed by atoms with Crippen LogP contribution in [0, 0.1) is 5.92 Å². The van der Waals surface area contributed by atoms with E-state index in [0.29, 0.717) is 6.54 Å². The number of fused-ring (bicyclic) bond motifs is 1. The largest absolute Gasteiger partial charge is 0.355 e. The molecule has 21 heavy (non-hydrogen) atoms. The number of nitrogens with zero attached hydrogens (tertiary/aromatic N) is 3. The highest BCUT2D eigenvalue weighted by Crippen LogP contribution is 2.19. The normalized spacial score (nSPS) is 23.1. The minimum Gasteiger partial charge on any atom is -0.355 e. The summed E-state index contributed by atoms with van der Waals surface area (Å²) in [5.74, 6) is 1.41. The van der Waals surface area contributed by atoms with E-state index >= 15 is 0 Å². The third-order valence-electron chi connectivity index (χ3n) is 4.23. The molecule has 1 aromatic heterocycles. The van der Waals surface area contributed by atoms with Crippen LogP contribution in [0.25, 0.3) is 0 Å². The number of hydrogen-bond acceptors (Lipinski definition) is 4. The lowest BCUT2D eigenvalue weighted by Gasteiger charge is -2.17. The molecule has 114 valence electrons. The zero-order chi connectivity index (χ0) is 14.8. The molecule has 7 nitrogen and oxygen atoms in total. The van der Waals surface area contributed by atoms with Gasteiger partial charge in [0.15, 0.2) is 5.82 Å². The first kappa shape index (κ1) is 14.0. The maximum atomic E-state index is 12.2. The maximum absolute atomic E-state index is 12.2. The fourth-order valence-electron chi connectivity index (χ4n) is 3.01. The summed E-state index contributed by atoms with van der Waals surface area (Å²) in [4.78, 5) is 23.4. The van der Waals surface area contributed by atoms with E-state index in [9.17, 15) is 9.59 Å². The van der Waals surface area contributed by atoms with Crippen LogP contribution in [-0.4, -0.2) is 33.1 Å². The lowest BCUT2D eigenvalue weighted by atomic mass is 10.1. The van der Waals surface area contributed by atoms with Crippen molar-refractivity contribution in [3.8, 4) is 0 Å². The van der Waals surface area contributed by atoms with Crippen molar-refractivity contribution in [1.82, 2.24) is 25.4 Å². The summed E-state index contributed by atoms with van der Waals surface area (Å²) in [6.45, 7) is 3.26. The number of amides is 2. The number of aryl methyl sites for hydroxylation is 1. The van der Waals surface area contributed by atoms with Gasteiger partial charge in [0.1, 0.15) is 5.82 Å². The fraction of sp³-hybridized carbons (Fsp3) is 0.714. The third-order valence-corrected chi connectivity index (χ3v) is 4.23. The highest BCUT2D eigenvalue weighted by molar-refractivity contribution is 5.89. The van der Waals surface area contributed by atoms with Crippen LogP contribution in [0.5, 0.6) is 0 Å². The van der Waals surface area contributed by atoms with E-state index in [1.165, 1.54) is 6.42 Å². The van der Waals surface area contributed by atoms with E-state index in [0.717, 1.165) is 37.5 Å². The third kappa shape index (κ3) is 2.91. The molecule has 7 heteroatoms. The molecule has 1 aromatic rings. The molecule has 2 N–H and O–H groups in total. The van der Waals surface area contributed by atoms with Gasteiger partial charge in [-0.3, -0.25) is 9.59 Å². The van der Waals surface area contributed by atoms with E-state index in [1.807, 2.05) is 6.92 Å². The van der Waals surface area contributed by atoms with Crippen molar-refractivity contribution >= 4 is 11.8 Å². The van der Waals surface area contributed by atoms with Gasteiger partial charge in [-0.2, -0.15) is 0 Å². The Hall–Kier alpha value is -1.92. The topological polar surface area (TPSA) is 88.9 Å². The highest BCUT2D eigenvalue weighted by atomic mass is 16.2. The smallest absolute Gasteiger partial charge is 0.225 e. The Morgan fingerprint density at radius 3 is 3.00 bits per heavy atom. The van der Waals surface area contributed by atoms with E-state index in [1.54, 1.807) is 0 Å². The van der Waals surface area contributed by atoms with Crippen molar-refractivity contribution < 1.29 is 9.59 Å². The van der Waals surface area contributed by atoms with Gasteiger partial charge < -0.3 is 15.2 Å². The summed E-state index contributed by atoms with van der Waals surface area (Å²) in [5.41, 5.74) is 0. The average Bonchev–Trinajstić information content (AvgIpc) is 2.99. The molecule has 3 rings (SSSR count). The molecule has 2 atom stereocenters. The second kappa shape index (κ2) is 5.83. The zero-order valence-corrected chi connectivity index (χ0v) is 12.3. The second-order valence-corrected chi connectivity index (χ2v) is 5.87. The number of aromatic nitrogens is 3. The van der Waals surface area contributed by atoms with Gasteiger partial charge in [-0.1, -0.05) is 6.42 Å². The lowest BCUT2D eigenvalue weighted by Crippen LogP contribution is -2.35. The van der Waals surface area contributed by atoms with Crippen molar-refractivity contribution in [3.63, 3.8) is 0 Å². The van der Waals surface area contributed by atoms with Crippen LogP contribution in [0.4, 0.5) is 0 Å². The van der Waals surface area contributed by atoms with Gasteiger partial charge in [0.05, 0.1) is 12.0 Å². The molecule has 2 unspecified atom stereocenters. The predicted molar refractivity (Wildman–Crippen MR) is 75.3 cm³/mol. The molecule has 0 aliphatic carbocycles. The van der Waals surface area contributed by atoms with Crippen molar-refractivity contribution in [2.75, 3.05) is 6.54 Å². The molecular formula is C14H21N5O2. The van der Waals surface area contributed by atoms with Crippen LogP contribution >= 0.6 is 0 Å². The standard InChI is InChI=1S/C14H21N5O2/c1-9(16-14(21)10-7-12(20)15-8-10)13-18-17-11-5-3-2-4-6-19(11)13/h9-10H,2-8H2,1H3,(H,15,20)(H,16,21). The monoisotopic (exact) mass is 291 g/mol. The van der Waals surface area contributed by atoms with Crippen molar-refractivity contribution in [1.29, 1.82) is 0 Å². The van der Waals surface area contributed by atoms with Crippen molar-refractivity contribution in [2.24, 2.45) is 5.92 Å². The van der Waals surface area contributed by atoms with Crippen LogP contribution < -0.4 is 10.6 Å². The van der Waals surface area contributed by atoms with E-state index in [4.69, 9.17) is 0 Å². The molecule has 0 aromatic carbocycles. The van der Waals surface area contributed by atoms with Gasteiger partial charge in [-0.05, 0) is 19.8 Å². The summed E-state index contributed by atoms with van der Waals surface area (Å²) in [7, 11) is 0. The Morgan fingerprint density at radius 2 is 2.24 bits per heavy atom. The van der Waals surface area contributed by atoms with Gasteiger partial charge >= 0.3 is 0 Å². The lowest BCUT2D eigenvalue weighted by molar-refractivity contribution is -0.127. The zero-order valence-electron chi connectivity index (χ0n) is 12.3. The molecule has 0 bridgehead atoms. The molecule has 2 aliphatic heterocycles. The Balaban J connectivity index is 1.68. The number of carbonyl (C=O) groups is 2. The fourth-order valence-corrected chi connectivity index (χ4v) is 3.01. The average molecular weight is 291 g/mol. The summed E-state index contributed by atoms with van der Waals surface area (Å²) in [5, 5.41) is 14.1. The number of nitrogens with one attached hydrogen (secondary N) is 2. The van der Waals surface area contributed by atoms with Gasteiger partial charge in [-0.25, -0.2) is 0 Å². The molecule has 0 saturated carbocycles. The van der Waals surface area contributed by atoms with Crippen molar-refractivity contribution in [3.05, 3.63) is 11.6 Å².